The minimum absolute atomic E-state index is 0.401. The molecular formula is C8H10N4O. The topological polar surface area (TPSA) is 52.8 Å². The molecule has 0 aliphatic rings. The summed E-state index contributed by atoms with van der Waals surface area (Å²) in [7, 11) is 1.89. The van der Waals surface area contributed by atoms with E-state index in [0.29, 0.717) is 12.6 Å². The van der Waals surface area contributed by atoms with Crippen LogP contribution in [0.25, 0.3) is 11.2 Å². The maximum Gasteiger partial charge on any atom is 0.318 e. The van der Waals surface area contributed by atoms with Crippen LogP contribution >= 0.6 is 0 Å². The lowest BCUT2D eigenvalue weighted by Gasteiger charge is -1.99. The second-order valence-corrected chi connectivity index (χ2v) is 2.65. The van der Waals surface area contributed by atoms with Crippen molar-refractivity contribution in [2.75, 3.05) is 6.61 Å². The Morgan fingerprint density at radius 3 is 3.08 bits per heavy atom. The van der Waals surface area contributed by atoms with Gasteiger partial charge in [-0.05, 0) is 6.92 Å². The monoisotopic (exact) mass is 178 g/mol. The maximum atomic E-state index is 5.18. The number of ether oxygens (including phenoxy) is 1. The van der Waals surface area contributed by atoms with E-state index in [9.17, 15) is 0 Å². The number of aryl methyl sites for hydroxylation is 1. The van der Waals surface area contributed by atoms with Gasteiger partial charge in [0.05, 0.1) is 19.1 Å². The number of nitrogens with zero attached hydrogens (tertiary/aromatic N) is 4. The average Bonchev–Trinajstić information content (AvgIpc) is 2.49. The van der Waals surface area contributed by atoms with Gasteiger partial charge in [0.2, 0.25) is 0 Å². The molecule has 68 valence electrons. The van der Waals surface area contributed by atoms with Crippen LogP contribution < -0.4 is 4.74 Å². The molecule has 0 aliphatic heterocycles. The summed E-state index contributed by atoms with van der Waals surface area (Å²) >= 11 is 0. The van der Waals surface area contributed by atoms with Crippen molar-refractivity contribution in [1.29, 1.82) is 0 Å². The third kappa shape index (κ3) is 1.32. The van der Waals surface area contributed by atoms with Gasteiger partial charge < -0.3 is 9.30 Å². The van der Waals surface area contributed by atoms with Gasteiger partial charge in [-0.15, -0.1) is 0 Å². The third-order valence-corrected chi connectivity index (χ3v) is 1.71. The van der Waals surface area contributed by atoms with Gasteiger partial charge in [-0.1, -0.05) is 0 Å². The number of hydrogen-bond acceptors (Lipinski definition) is 4. The minimum atomic E-state index is 0.401. The fraction of sp³-hybridized carbons (Fsp3) is 0.375. The first-order chi connectivity index (χ1) is 6.31. The molecule has 0 N–H and O–H groups in total. The number of rotatable bonds is 2. The van der Waals surface area contributed by atoms with Crippen molar-refractivity contribution in [3.05, 3.63) is 12.5 Å². The lowest BCUT2D eigenvalue weighted by molar-refractivity contribution is 0.313. The lowest BCUT2D eigenvalue weighted by Crippen LogP contribution is -1.98. The average molecular weight is 178 g/mol. The molecule has 13 heavy (non-hydrogen) atoms. The minimum Gasteiger partial charge on any atom is -0.464 e. The van der Waals surface area contributed by atoms with Gasteiger partial charge in [0.15, 0.2) is 5.65 Å². The van der Waals surface area contributed by atoms with E-state index >= 15 is 0 Å². The highest BCUT2D eigenvalue weighted by Gasteiger charge is 2.03. The predicted molar refractivity (Wildman–Crippen MR) is 47.5 cm³/mol. The molecule has 2 rings (SSSR count). The third-order valence-electron chi connectivity index (χ3n) is 1.71. The van der Waals surface area contributed by atoms with E-state index in [2.05, 4.69) is 15.0 Å². The molecule has 0 amide bonds. The van der Waals surface area contributed by atoms with Gasteiger partial charge in [0.25, 0.3) is 0 Å². The quantitative estimate of drug-likeness (QED) is 0.681. The van der Waals surface area contributed by atoms with Gasteiger partial charge in [-0.3, -0.25) is 0 Å². The Kier molecular flexibility index (Phi) is 1.84. The SMILES string of the molecule is CCOc1ncc2ncn(C)c2n1. The second-order valence-electron chi connectivity index (χ2n) is 2.65. The molecule has 5 heteroatoms. The number of aromatic nitrogens is 4. The van der Waals surface area contributed by atoms with Crippen molar-refractivity contribution in [2.24, 2.45) is 7.05 Å². The van der Waals surface area contributed by atoms with Crippen molar-refractivity contribution in [2.45, 2.75) is 6.92 Å². The molecule has 0 spiro atoms. The summed E-state index contributed by atoms with van der Waals surface area (Å²) in [6.45, 7) is 2.47. The van der Waals surface area contributed by atoms with Crippen LogP contribution in [0.4, 0.5) is 0 Å². The summed E-state index contributed by atoms with van der Waals surface area (Å²) in [4.78, 5) is 12.3. The fourth-order valence-electron chi connectivity index (χ4n) is 1.10. The van der Waals surface area contributed by atoms with E-state index < -0.39 is 0 Å². The van der Waals surface area contributed by atoms with Crippen LogP contribution in [0.2, 0.25) is 0 Å². The molecule has 2 aromatic heterocycles. The number of hydrogen-bond donors (Lipinski definition) is 0. The van der Waals surface area contributed by atoms with E-state index in [1.807, 2.05) is 18.5 Å². The van der Waals surface area contributed by atoms with E-state index in [-0.39, 0.29) is 0 Å². The molecule has 0 aromatic carbocycles. The van der Waals surface area contributed by atoms with E-state index in [4.69, 9.17) is 4.74 Å². The molecular weight excluding hydrogens is 168 g/mol. The zero-order chi connectivity index (χ0) is 9.26. The maximum absolute atomic E-state index is 5.18. The van der Waals surface area contributed by atoms with Crippen LogP contribution in [0.1, 0.15) is 6.92 Å². The van der Waals surface area contributed by atoms with Crippen LogP contribution in [0.15, 0.2) is 12.5 Å². The molecule has 0 aliphatic carbocycles. The Balaban J connectivity index is 2.53. The van der Waals surface area contributed by atoms with Crippen molar-refractivity contribution < 1.29 is 4.74 Å². The second kappa shape index (κ2) is 3.01. The zero-order valence-electron chi connectivity index (χ0n) is 7.56. The number of fused-ring (bicyclic) bond motifs is 1. The highest BCUT2D eigenvalue weighted by atomic mass is 16.5. The summed E-state index contributed by atoms with van der Waals surface area (Å²) in [5.74, 6) is 0. The van der Waals surface area contributed by atoms with Gasteiger partial charge in [-0.2, -0.15) is 4.98 Å². The molecule has 5 nitrogen and oxygen atoms in total. The summed E-state index contributed by atoms with van der Waals surface area (Å²) < 4.78 is 7.01. The summed E-state index contributed by atoms with van der Waals surface area (Å²) in [5, 5.41) is 0. The Morgan fingerprint density at radius 2 is 2.31 bits per heavy atom. The first kappa shape index (κ1) is 7.97. The molecule has 0 bridgehead atoms. The molecule has 0 unspecified atom stereocenters. The molecule has 2 aromatic rings. The van der Waals surface area contributed by atoms with Gasteiger partial charge in [0.1, 0.15) is 5.52 Å². The van der Waals surface area contributed by atoms with Crippen LogP contribution in [0.3, 0.4) is 0 Å². The largest absolute Gasteiger partial charge is 0.464 e. The predicted octanol–water partition coefficient (Wildman–Crippen LogP) is 0.762. The van der Waals surface area contributed by atoms with Crippen molar-refractivity contribution >= 4 is 11.2 Å². The van der Waals surface area contributed by atoms with Crippen molar-refractivity contribution in [1.82, 2.24) is 19.5 Å². The summed E-state index contributed by atoms with van der Waals surface area (Å²) in [6.07, 6.45) is 3.36. The van der Waals surface area contributed by atoms with Crippen LogP contribution in [-0.4, -0.2) is 26.1 Å². The molecule has 0 saturated carbocycles. The fourth-order valence-corrected chi connectivity index (χ4v) is 1.10. The molecule has 0 radical (unpaired) electrons. The smallest absolute Gasteiger partial charge is 0.318 e. The van der Waals surface area contributed by atoms with E-state index in [0.717, 1.165) is 11.2 Å². The molecule has 0 atom stereocenters. The Morgan fingerprint density at radius 1 is 1.46 bits per heavy atom. The standard InChI is InChI=1S/C8H10N4O/c1-3-13-8-9-4-6-7(11-8)12(2)5-10-6/h4-5H,3H2,1-2H3. The first-order valence-electron chi connectivity index (χ1n) is 4.08. The zero-order valence-corrected chi connectivity index (χ0v) is 7.56. The normalized spacial score (nSPS) is 10.6. The summed E-state index contributed by atoms with van der Waals surface area (Å²) in [5.41, 5.74) is 1.57. The molecule has 0 saturated heterocycles. The Bertz CT molecular complexity index is 423. The van der Waals surface area contributed by atoms with Crippen molar-refractivity contribution in [3.8, 4) is 6.01 Å². The summed E-state index contributed by atoms with van der Waals surface area (Å²) in [6, 6.07) is 0.401. The van der Waals surface area contributed by atoms with Crippen LogP contribution in [0, 0.1) is 0 Å². The number of imidazole rings is 1. The lowest BCUT2D eigenvalue weighted by atomic mass is 10.5. The highest BCUT2D eigenvalue weighted by Crippen LogP contribution is 2.10. The first-order valence-corrected chi connectivity index (χ1v) is 4.08. The Hall–Kier alpha value is -1.65. The van der Waals surface area contributed by atoms with Crippen LogP contribution in [-0.2, 0) is 7.05 Å². The highest BCUT2D eigenvalue weighted by molar-refractivity contribution is 5.69. The van der Waals surface area contributed by atoms with Crippen LogP contribution in [0.5, 0.6) is 6.01 Å². The van der Waals surface area contributed by atoms with E-state index in [1.165, 1.54) is 0 Å². The van der Waals surface area contributed by atoms with Crippen molar-refractivity contribution in [3.63, 3.8) is 0 Å². The van der Waals surface area contributed by atoms with Gasteiger partial charge >= 0.3 is 6.01 Å². The van der Waals surface area contributed by atoms with E-state index in [1.54, 1.807) is 12.5 Å². The Labute approximate surface area is 75.4 Å². The van der Waals surface area contributed by atoms with Gasteiger partial charge in [0, 0.05) is 7.05 Å². The van der Waals surface area contributed by atoms with Gasteiger partial charge in [-0.25, -0.2) is 9.97 Å². The molecule has 0 fully saturated rings. The molecule has 2 heterocycles.